The van der Waals surface area contributed by atoms with Crippen molar-refractivity contribution in [3.05, 3.63) is 63.9 Å². The van der Waals surface area contributed by atoms with Crippen LogP contribution in [0, 0.1) is 5.82 Å². The highest BCUT2D eigenvalue weighted by Crippen LogP contribution is 2.24. The monoisotopic (exact) mass is 302 g/mol. The summed E-state index contributed by atoms with van der Waals surface area (Å²) in [6.45, 7) is 0. The zero-order valence-electron chi connectivity index (χ0n) is 9.20. The van der Waals surface area contributed by atoms with Crippen LogP contribution in [0.4, 0.5) is 4.39 Å². The van der Waals surface area contributed by atoms with E-state index in [9.17, 15) is 8.60 Å². The van der Waals surface area contributed by atoms with E-state index >= 15 is 0 Å². The Morgan fingerprint density at radius 1 is 1.11 bits per heavy atom. The van der Waals surface area contributed by atoms with Gasteiger partial charge in [-0.2, -0.15) is 0 Å². The van der Waals surface area contributed by atoms with E-state index in [1.807, 2.05) is 0 Å². The fourth-order valence-electron chi connectivity index (χ4n) is 1.50. The lowest BCUT2D eigenvalue weighted by Gasteiger charge is -2.06. The highest BCUT2D eigenvalue weighted by Gasteiger charge is 2.12. The van der Waals surface area contributed by atoms with Gasteiger partial charge in [0.2, 0.25) is 0 Å². The van der Waals surface area contributed by atoms with Crippen molar-refractivity contribution in [3.8, 4) is 0 Å². The van der Waals surface area contributed by atoms with Crippen molar-refractivity contribution < 1.29 is 8.60 Å². The third-order valence-corrected chi connectivity index (χ3v) is 4.37. The zero-order valence-corrected chi connectivity index (χ0v) is 11.5. The molecule has 0 aliphatic carbocycles. The van der Waals surface area contributed by atoms with Crippen LogP contribution in [-0.2, 0) is 16.6 Å². The molecule has 0 aliphatic rings. The summed E-state index contributed by atoms with van der Waals surface area (Å²) in [5.41, 5.74) is 0.644. The maximum atomic E-state index is 13.5. The van der Waals surface area contributed by atoms with Gasteiger partial charge >= 0.3 is 0 Å². The van der Waals surface area contributed by atoms with Crippen LogP contribution >= 0.6 is 23.2 Å². The maximum Gasteiger partial charge on any atom is 0.139 e. The Labute approximate surface area is 117 Å². The lowest BCUT2D eigenvalue weighted by atomic mass is 10.2. The minimum Gasteiger partial charge on any atom is -0.254 e. The topological polar surface area (TPSA) is 17.1 Å². The molecule has 0 bridgehead atoms. The molecule has 0 fully saturated rings. The summed E-state index contributed by atoms with van der Waals surface area (Å²) < 4.78 is 25.5. The molecule has 2 aromatic carbocycles. The minimum atomic E-state index is -1.48. The van der Waals surface area contributed by atoms with Gasteiger partial charge in [0.1, 0.15) is 5.82 Å². The molecular formula is C13H9Cl2FOS. The first-order valence-corrected chi connectivity index (χ1v) is 7.22. The van der Waals surface area contributed by atoms with Crippen LogP contribution in [0.1, 0.15) is 5.56 Å². The molecule has 2 rings (SSSR count). The van der Waals surface area contributed by atoms with Crippen molar-refractivity contribution >= 4 is 34.0 Å². The first kappa shape index (κ1) is 13.5. The van der Waals surface area contributed by atoms with Crippen molar-refractivity contribution in [1.29, 1.82) is 0 Å². The molecule has 18 heavy (non-hydrogen) atoms. The van der Waals surface area contributed by atoms with Crippen molar-refractivity contribution in [2.24, 2.45) is 0 Å². The smallest absolute Gasteiger partial charge is 0.139 e. The molecule has 1 atom stereocenters. The number of rotatable bonds is 3. The van der Waals surface area contributed by atoms with E-state index in [4.69, 9.17) is 23.2 Å². The van der Waals surface area contributed by atoms with Crippen LogP contribution < -0.4 is 0 Å². The summed E-state index contributed by atoms with van der Waals surface area (Å²) in [7, 11) is -1.48. The van der Waals surface area contributed by atoms with Crippen molar-refractivity contribution in [2.75, 3.05) is 0 Å². The van der Waals surface area contributed by atoms with Crippen LogP contribution in [0.5, 0.6) is 0 Å². The Morgan fingerprint density at radius 2 is 1.83 bits per heavy atom. The third kappa shape index (κ3) is 3.10. The molecule has 0 saturated carbocycles. The van der Waals surface area contributed by atoms with Crippen LogP contribution in [0.15, 0.2) is 47.4 Å². The Hall–Kier alpha value is -0.900. The van der Waals surface area contributed by atoms with Gasteiger partial charge in [-0.3, -0.25) is 4.21 Å². The van der Waals surface area contributed by atoms with Gasteiger partial charge in [-0.25, -0.2) is 4.39 Å². The standard InChI is InChI=1S/C13H9Cl2FOS/c14-10-5-6-11(15)9(7-10)8-18(17)13-4-2-1-3-12(13)16/h1-7H,8H2. The second kappa shape index (κ2) is 5.83. The van der Waals surface area contributed by atoms with E-state index in [0.717, 1.165) is 0 Å². The normalized spacial score (nSPS) is 12.4. The summed E-state index contributed by atoms with van der Waals surface area (Å²) in [5, 5.41) is 0.990. The zero-order chi connectivity index (χ0) is 13.1. The minimum absolute atomic E-state index is 0.139. The number of benzene rings is 2. The first-order chi connectivity index (χ1) is 8.58. The second-order valence-electron chi connectivity index (χ2n) is 3.66. The summed E-state index contributed by atoms with van der Waals surface area (Å²) in [6, 6.07) is 10.9. The molecule has 1 nitrogen and oxygen atoms in total. The largest absolute Gasteiger partial charge is 0.254 e. The van der Waals surface area contributed by atoms with Gasteiger partial charge in [0, 0.05) is 10.0 Å². The molecule has 0 spiro atoms. The van der Waals surface area contributed by atoms with Crippen LogP contribution in [0.2, 0.25) is 10.0 Å². The lowest BCUT2D eigenvalue weighted by molar-refractivity contribution is 0.595. The van der Waals surface area contributed by atoms with E-state index in [2.05, 4.69) is 0 Å². The molecule has 0 radical (unpaired) electrons. The molecule has 94 valence electrons. The Bertz CT molecular complexity index is 601. The van der Waals surface area contributed by atoms with Gasteiger partial charge in [0.25, 0.3) is 0 Å². The molecule has 0 amide bonds. The fourth-order valence-corrected chi connectivity index (χ4v) is 3.15. The van der Waals surface area contributed by atoms with Gasteiger partial charge in [-0.1, -0.05) is 35.3 Å². The van der Waals surface area contributed by atoms with Crippen molar-refractivity contribution in [1.82, 2.24) is 0 Å². The van der Waals surface area contributed by atoms with E-state index < -0.39 is 16.6 Å². The van der Waals surface area contributed by atoms with Gasteiger partial charge in [0.15, 0.2) is 0 Å². The summed E-state index contributed by atoms with van der Waals surface area (Å²) in [4.78, 5) is 0.175. The van der Waals surface area contributed by atoms with Crippen molar-refractivity contribution in [2.45, 2.75) is 10.6 Å². The Balaban J connectivity index is 2.27. The van der Waals surface area contributed by atoms with Crippen LogP contribution in [0.3, 0.4) is 0 Å². The predicted octanol–water partition coefficient (Wildman–Crippen LogP) is 4.44. The van der Waals surface area contributed by atoms with Crippen molar-refractivity contribution in [3.63, 3.8) is 0 Å². The number of hydrogen-bond donors (Lipinski definition) is 0. The molecular weight excluding hydrogens is 294 g/mol. The number of halogens is 3. The molecule has 0 N–H and O–H groups in total. The molecule has 1 unspecified atom stereocenters. The second-order valence-corrected chi connectivity index (χ2v) is 5.92. The highest BCUT2D eigenvalue weighted by atomic mass is 35.5. The Morgan fingerprint density at radius 3 is 2.56 bits per heavy atom. The van der Waals surface area contributed by atoms with Gasteiger partial charge in [-0.15, -0.1) is 0 Å². The fraction of sp³-hybridized carbons (Fsp3) is 0.0769. The summed E-state index contributed by atoms with van der Waals surface area (Å²) in [5.74, 6) is -0.339. The van der Waals surface area contributed by atoms with E-state index in [1.165, 1.54) is 12.1 Å². The predicted molar refractivity (Wildman–Crippen MR) is 73.0 cm³/mol. The third-order valence-electron chi connectivity index (χ3n) is 2.38. The Kier molecular flexibility index (Phi) is 4.38. The molecule has 0 aliphatic heterocycles. The highest BCUT2D eigenvalue weighted by molar-refractivity contribution is 7.84. The molecule has 0 saturated heterocycles. The molecule has 5 heteroatoms. The van der Waals surface area contributed by atoms with Crippen LogP contribution in [-0.4, -0.2) is 4.21 Å². The average molecular weight is 303 g/mol. The van der Waals surface area contributed by atoms with Gasteiger partial charge in [0.05, 0.1) is 21.4 Å². The lowest BCUT2D eigenvalue weighted by Crippen LogP contribution is -1.99. The number of hydrogen-bond acceptors (Lipinski definition) is 1. The van der Waals surface area contributed by atoms with E-state index in [0.29, 0.717) is 15.6 Å². The quantitative estimate of drug-likeness (QED) is 0.819. The molecule has 0 heterocycles. The van der Waals surface area contributed by atoms with E-state index in [1.54, 1.807) is 30.3 Å². The summed E-state index contributed by atoms with van der Waals surface area (Å²) >= 11 is 11.8. The first-order valence-electron chi connectivity index (χ1n) is 5.15. The average Bonchev–Trinajstić information content (AvgIpc) is 2.34. The van der Waals surface area contributed by atoms with Crippen LogP contribution in [0.25, 0.3) is 0 Å². The SMILES string of the molecule is O=S(Cc1cc(Cl)ccc1Cl)c1ccccc1F. The summed E-state index contributed by atoms with van der Waals surface area (Å²) in [6.07, 6.45) is 0. The van der Waals surface area contributed by atoms with Gasteiger partial charge < -0.3 is 0 Å². The maximum absolute atomic E-state index is 13.5. The molecule has 0 aromatic heterocycles. The van der Waals surface area contributed by atoms with Gasteiger partial charge in [-0.05, 0) is 35.9 Å². The molecule has 2 aromatic rings. The van der Waals surface area contributed by atoms with E-state index in [-0.39, 0.29) is 10.6 Å².